The molecule has 0 saturated heterocycles. The lowest BCUT2D eigenvalue weighted by Crippen LogP contribution is -2.42. The Morgan fingerprint density at radius 2 is 2.00 bits per heavy atom. The zero-order valence-corrected chi connectivity index (χ0v) is 11.2. The van der Waals surface area contributed by atoms with Crippen LogP contribution < -0.4 is 16.8 Å². The maximum absolute atomic E-state index is 12.0. The molecule has 0 radical (unpaired) electrons. The van der Waals surface area contributed by atoms with Crippen molar-refractivity contribution in [2.75, 3.05) is 12.3 Å². The number of benzene rings is 1. The van der Waals surface area contributed by atoms with Crippen LogP contribution in [0.3, 0.4) is 0 Å². The molecule has 0 saturated carbocycles. The zero-order chi connectivity index (χ0) is 15.5. The van der Waals surface area contributed by atoms with E-state index in [-0.39, 0.29) is 23.5 Å². The van der Waals surface area contributed by atoms with E-state index in [9.17, 15) is 19.7 Å². The van der Waals surface area contributed by atoms with Crippen molar-refractivity contribution in [2.24, 2.45) is 11.1 Å². The molecule has 0 aliphatic carbocycles. The van der Waals surface area contributed by atoms with E-state index < -0.39 is 22.2 Å². The summed E-state index contributed by atoms with van der Waals surface area (Å²) in [7, 11) is 0. The minimum Gasteiger partial charge on any atom is -0.399 e. The van der Waals surface area contributed by atoms with Gasteiger partial charge >= 0.3 is 0 Å². The Morgan fingerprint density at radius 3 is 2.50 bits per heavy atom. The van der Waals surface area contributed by atoms with Crippen molar-refractivity contribution in [2.45, 2.75) is 13.8 Å². The molecule has 2 amide bonds. The van der Waals surface area contributed by atoms with E-state index in [0.717, 1.165) is 6.07 Å². The number of carbonyl (C=O) groups excluding carboxylic acids is 2. The minimum atomic E-state index is -0.954. The van der Waals surface area contributed by atoms with Gasteiger partial charge in [0.2, 0.25) is 5.91 Å². The lowest BCUT2D eigenvalue weighted by atomic mass is 9.92. The standard InChI is InChI=1S/C12H16N4O4/c1-12(2,11(14)18)6-15-10(17)8-5-7(13)3-4-9(8)16(19)20/h3-5H,6,13H2,1-2H3,(H2,14,18)(H,15,17). The van der Waals surface area contributed by atoms with Crippen molar-refractivity contribution < 1.29 is 14.5 Å². The third-order valence-corrected chi connectivity index (χ3v) is 2.82. The Morgan fingerprint density at radius 1 is 1.40 bits per heavy atom. The zero-order valence-electron chi connectivity index (χ0n) is 11.2. The first-order chi connectivity index (χ1) is 9.15. The first kappa shape index (κ1) is 15.4. The van der Waals surface area contributed by atoms with Crippen molar-refractivity contribution in [3.8, 4) is 0 Å². The molecular formula is C12H16N4O4. The van der Waals surface area contributed by atoms with Gasteiger partial charge in [-0.1, -0.05) is 0 Å². The molecule has 1 aromatic rings. The maximum Gasteiger partial charge on any atom is 0.282 e. The van der Waals surface area contributed by atoms with Crippen molar-refractivity contribution in [1.82, 2.24) is 5.32 Å². The van der Waals surface area contributed by atoms with Gasteiger partial charge in [0.1, 0.15) is 5.56 Å². The summed E-state index contributed by atoms with van der Waals surface area (Å²) in [5.74, 6) is -1.27. The Bertz CT molecular complexity index is 569. The second kappa shape index (κ2) is 5.55. The third kappa shape index (κ3) is 3.44. The number of nitrogens with zero attached hydrogens (tertiary/aromatic N) is 1. The molecular weight excluding hydrogens is 264 g/mol. The molecule has 20 heavy (non-hydrogen) atoms. The van der Waals surface area contributed by atoms with Gasteiger partial charge in [-0.2, -0.15) is 0 Å². The second-order valence-electron chi connectivity index (χ2n) is 4.96. The fourth-order valence-corrected chi connectivity index (χ4v) is 1.38. The van der Waals surface area contributed by atoms with Gasteiger partial charge in [-0.25, -0.2) is 0 Å². The highest BCUT2D eigenvalue weighted by Crippen LogP contribution is 2.21. The molecule has 8 heteroatoms. The molecule has 8 nitrogen and oxygen atoms in total. The number of nitrogens with one attached hydrogen (secondary N) is 1. The molecule has 0 aliphatic heterocycles. The van der Waals surface area contributed by atoms with Gasteiger partial charge in [0.25, 0.3) is 11.6 Å². The molecule has 0 aliphatic rings. The summed E-state index contributed by atoms with van der Waals surface area (Å²) in [5, 5.41) is 13.3. The van der Waals surface area contributed by atoms with E-state index >= 15 is 0 Å². The molecule has 0 fully saturated rings. The molecule has 1 aromatic carbocycles. The number of nitro benzene ring substituents is 1. The third-order valence-electron chi connectivity index (χ3n) is 2.82. The van der Waals surface area contributed by atoms with Crippen LogP contribution in [-0.2, 0) is 4.79 Å². The summed E-state index contributed by atoms with van der Waals surface area (Å²) in [6.07, 6.45) is 0. The molecule has 0 atom stereocenters. The van der Waals surface area contributed by atoms with E-state index in [1.54, 1.807) is 13.8 Å². The topological polar surface area (TPSA) is 141 Å². The molecule has 1 rings (SSSR count). The van der Waals surface area contributed by atoms with Gasteiger partial charge < -0.3 is 16.8 Å². The number of anilines is 1. The van der Waals surface area contributed by atoms with E-state index in [2.05, 4.69) is 5.32 Å². The van der Waals surface area contributed by atoms with Gasteiger partial charge in [0.05, 0.1) is 10.3 Å². The van der Waals surface area contributed by atoms with Gasteiger partial charge in [-0.05, 0) is 26.0 Å². The lowest BCUT2D eigenvalue weighted by molar-refractivity contribution is -0.385. The molecule has 0 heterocycles. The average Bonchev–Trinajstić information content (AvgIpc) is 2.35. The first-order valence-electron chi connectivity index (χ1n) is 5.77. The quantitative estimate of drug-likeness (QED) is 0.407. The number of hydrogen-bond donors (Lipinski definition) is 3. The fourth-order valence-electron chi connectivity index (χ4n) is 1.38. The summed E-state index contributed by atoms with van der Waals surface area (Å²) in [6.45, 7) is 3.08. The Kier molecular flexibility index (Phi) is 4.28. The van der Waals surface area contributed by atoms with Crippen LogP contribution in [0.2, 0.25) is 0 Å². The molecule has 5 N–H and O–H groups in total. The molecule has 0 spiro atoms. The highest BCUT2D eigenvalue weighted by Gasteiger charge is 2.27. The monoisotopic (exact) mass is 280 g/mol. The number of carbonyl (C=O) groups is 2. The Balaban J connectivity index is 2.96. The summed E-state index contributed by atoms with van der Waals surface area (Å²) in [5.41, 5.74) is 9.47. The molecule has 0 bridgehead atoms. The second-order valence-corrected chi connectivity index (χ2v) is 4.96. The predicted octanol–water partition coefficient (Wildman–Crippen LogP) is 0.418. The first-order valence-corrected chi connectivity index (χ1v) is 5.77. The number of hydrogen-bond acceptors (Lipinski definition) is 5. The van der Waals surface area contributed by atoms with Crippen LogP contribution in [0.5, 0.6) is 0 Å². The minimum absolute atomic E-state index is 0.0346. The number of primary amides is 1. The van der Waals surface area contributed by atoms with Crippen LogP contribution in [0.4, 0.5) is 11.4 Å². The summed E-state index contributed by atoms with van der Waals surface area (Å²) in [6, 6.07) is 3.70. The Hall–Kier alpha value is -2.64. The van der Waals surface area contributed by atoms with Crippen molar-refractivity contribution in [1.29, 1.82) is 0 Å². The van der Waals surface area contributed by atoms with Crippen molar-refractivity contribution in [3.63, 3.8) is 0 Å². The van der Waals surface area contributed by atoms with Gasteiger partial charge in [0, 0.05) is 18.3 Å². The van der Waals surface area contributed by atoms with Gasteiger partial charge in [-0.15, -0.1) is 0 Å². The lowest BCUT2D eigenvalue weighted by Gasteiger charge is -2.20. The van der Waals surface area contributed by atoms with Crippen LogP contribution in [-0.4, -0.2) is 23.3 Å². The van der Waals surface area contributed by atoms with Crippen LogP contribution in [0.25, 0.3) is 0 Å². The number of amides is 2. The van der Waals surface area contributed by atoms with Crippen LogP contribution in [0, 0.1) is 15.5 Å². The van der Waals surface area contributed by atoms with Crippen molar-refractivity contribution >= 4 is 23.2 Å². The fraction of sp³-hybridized carbons (Fsp3) is 0.333. The van der Waals surface area contributed by atoms with E-state index in [0.29, 0.717) is 0 Å². The predicted molar refractivity (Wildman–Crippen MR) is 72.8 cm³/mol. The smallest absolute Gasteiger partial charge is 0.282 e. The highest BCUT2D eigenvalue weighted by molar-refractivity contribution is 5.99. The highest BCUT2D eigenvalue weighted by atomic mass is 16.6. The number of nitrogen functional groups attached to an aromatic ring is 1. The van der Waals surface area contributed by atoms with Crippen LogP contribution in [0.1, 0.15) is 24.2 Å². The van der Waals surface area contributed by atoms with E-state index in [1.807, 2.05) is 0 Å². The maximum atomic E-state index is 12.0. The van der Waals surface area contributed by atoms with Gasteiger partial charge in [-0.3, -0.25) is 19.7 Å². The number of nitro groups is 1. The SMILES string of the molecule is CC(C)(CNC(=O)c1cc(N)ccc1[N+](=O)[O-])C(N)=O. The molecule has 108 valence electrons. The summed E-state index contributed by atoms with van der Waals surface area (Å²) in [4.78, 5) is 33.3. The van der Waals surface area contributed by atoms with E-state index in [1.165, 1.54) is 12.1 Å². The average molecular weight is 280 g/mol. The molecule has 0 aromatic heterocycles. The normalized spacial score (nSPS) is 10.9. The Labute approximate surface area is 115 Å². The number of rotatable bonds is 5. The summed E-state index contributed by atoms with van der Waals surface area (Å²) < 4.78 is 0. The van der Waals surface area contributed by atoms with Crippen LogP contribution >= 0.6 is 0 Å². The largest absolute Gasteiger partial charge is 0.399 e. The molecule has 0 unspecified atom stereocenters. The van der Waals surface area contributed by atoms with Gasteiger partial charge in [0.15, 0.2) is 0 Å². The summed E-state index contributed by atoms with van der Waals surface area (Å²) >= 11 is 0. The number of nitrogens with two attached hydrogens (primary N) is 2. The van der Waals surface area contributed by atoms with Crippen molar-refractivity contribution in [3.05, 3.63) is 33.9 Å². The van der Waals surface area contributed by atoms with Crippen LogP contribution in [0.15, 0.2) is 18.2 Å². The van der Waals surface area contributed by atoms with E-state index in [4.69, 9.17) is 11.5 Å².